The van der Waals surface area contributed by atoms with Crippen LogP contribution in [0.15, 0.2) is 30.3 Å². The Morgan fingerprint density at radius 2 is 1.30 bits per heavy atom. The van der Waals surface area contributed by atoms with Gasteiger partial charge >= 0.3 is 0 Å². The Bertz CT molecular complexity index is 569. The van der Waals surface area contributed by atoms with Crippen molar-refractivity contribution in [3.8, 4) is 11.5 Å². The van der Waals surface area contributed by atoms with Gasteiger partial charge in [0.1, 0.15) is 11.5 Å². The maximum Gasteiger partial charge on any atom is 0.122 e. The van der Waals surface area contributed by atoms with Crippen molar-refractivity contribution in [2.75, 3.05) is 14.2 Å². The number of nitrogens with two attached hydrogens (primary N) is 1. The zero-order chi connectivity index (χ0) is 14.7. The van der Waals surface area contributed by atoms with Crippen molar-refractivity contribution in [1.82, 2.24) is 4.98 Å². The number of aromatic nitrogens is 1. The summed E-state index contributed by atoms with van der Waals surface area (Å²) in [5.74, 6) is 1.47. The lowest BCUT2D eigenvalue weighted by atomic mass is 9.98. The quantitative estimate of drug-likeness (QED) is 0.929. The lowest BCUT2D eigenvalue weighted by Crippen LogP contribution is -2.13. The maximum absolute atomic E-state index is 6.36. The molecule has 0 spiro atoms. The molecule has 0 aliphatic heterocycles. The standard InChI is InChI=1S/C16H20N2O2/c1-10-5-12(6-11(2)18-10)16(17)13-7-14(19-3)9-15(8-13)20-4/h5-9,16H,17H2,1-4H3. The van der Waals surface area contributed by atoms with Crippen molar-refractivity contribution in [1.29, 1.82) is 0 Å². The van der Waals surface area contributed by atoms with Gasteiger partial charge in [0.15, 0.2) is 0 Å². The molecule has 1 aromatic carbocycles. The number of pyridine rings is 1. The SMILES string of the molecule is COc1cc(OC)cc(C(N)c2cc(C)nc(C)c2)c1. The summed E-state index contributed by atoms with van der Waals surface area (Å²) in [7, 11) is 3.26. The number of rotatable bonds is 4. The molecule has 1 aromatic heterocycles. The molecule has 106 valence electrons. The van der Waals surface area contributed by atoms with Gasteiger partial charge in [0, 0.05) is 17.5 Å². The molecule has 2 rings (SSSR count). The molecule has 1 heterocycles. The third-order valence-corrected chi connectivity index (χ3v) is 3.20. The summed E-state index contributed by atoms with van der Waals surface area (Å²) < 4.78 is 10.6. The van der Waals surface area contributed by atoms with Crippen LogP contribution in [0.2, 0.25) is 0 Å². The molecule has 4 nitrogen and oxygen atoms in total. The highest BCUT2D eigenvalue weighted by Crippen LogP contribution is 2.29. The third kappa shape index (κ3) is 3.08. The monoisotopic (exact) mass is 272 g/mol. The molecular formula is C16H20N2O2. The fourth-order valence-electron chi connectivity index (χ4n) is 2.25. The average molecular weight is 272 g/mol. The predicted octanol–water partition coefficient (Wildman–Crippen LogP) is 2.76. The first-order chi connectivity index (χ1) is 9.53. The molecule has 0 saturated carbocycles. The van der Waals surface area contributed by atoms with Gasteiger partial charge in [0.25, 0.3) is 0 Å². The van der Waals surface area contributed by atoms with E-state index < -0.39 is 0 Å². The highest BCUT2D eigenvalue weighted by atomic mass is 16.5. The first-order valence-electron chi connectivity index (χ1n) is 6.47. The third-order valence-electron chi connectivity index (χ3n) is 3.20. The number of benzene rings is 1. The Kier molecular flexibility index (Phi) is 4.25. The van der Waals surface area contributed by atoms with Gasteiger partial charge in [0.05, 0.1) is 20.3 Å². The molecular weight excluding hydrogens is 252 g/mol. The summed E-state index contributed by atoms with van der Waals surface area (Å²) >= 11 is 0. The van der Waals surface area contributed by atoms with Crippen LogP contribution in [-0.4, -0.2) is 19.2 Å². The molecule has 0 saturated heterocycles. The number of ether oxygens (including phenoxy) is 2. The lowest BCUT2D eigenvalue weighted by molar-refractivity contribution is 0.393. The first-order valence-corrected chi connectivity index (χ1v) is 6.47. The van der Waals surface area contributed by atoms with Crippen LogP contribution in [-0.2, 0) is 0 Å². The Hall–Kier alpha value is -2.07. The average Bonchev–Trinajstić information content (AvgIpc) is 2.44. The number of methoxy groups -OCH3 is 2. The summed E-state index contributed by atoms with van der Waals surface area (Å²) in [4.78, 5) is 4.37. The van der Waals surface area contributed by atoms with Crippen LogP contribution in [0.4, 0.5) is 0 Å². The Balaban J connectivity index is 2.43. The van der Waals surface area contributed by atoms with Crippen molar-refractivity contribution in [3.05, 3.63) is 52.8 Å². The van der Waals surface area contributed by atoms with Crippen LogP contribution in [0.5, 0.6) is 11.5 Å². The minimum absolute atomic E-state index is 0.237. The number of nitrogens with zero attached hydrogens (tertiary/aromatic N) is 1. The molecule has 0 amide bonds. The number of hydrogen-bond acceptors (Lipinski definition) is 4. The van der Waals surface area contributed by atoms with Gasteiger partial charge in [-0.2, -0.15) is 0 Å². The van der Waals surface area contributed by atoms with Crippen LogP contribution >= 0.6 is 0 Å². The van der Waals surface area contributed by atoms with E-state index in [0.717, 1.165) is 34.0 Å². The molecule has 2 N–H and O–H groups in total. The highest BCUT2D eigenvalue weighted by Gasteiger charge is 2.13. The summed E-state index contributed by atoms with van der Waals surface area (Å²) in [6.07, 6.45) is 0. The van der Waals surface area contributed by atoms with Crippen LogP contribution < -0.4 is 15.2 Å². The van der Waals surface area contributed by atoms with E-state index in [1.807, 2.05) is 44.2 Å². The van der Waals surface area contributed by atoms with Crippen LogP contribution in [0.25, 0.3) is 0 Å². The lowest BCUT2D eigenvalue weighted by Gasteiger charge is -2.16. The zero-order valence-electron chi connectivity index (χ0n) is 12.3. The van der Waals surface area contributed by atoms with Gasteiger partial charge in [-0.05, 0) is 49.2 Å². The predicted molar refractivity (Wildman–Crippen MR) is 79.3 cm³/mol. The summed E-state index contributed by atoms with van der Waals surface area (Å²) in [5.41, 5.74) is 10.3. The normalized spacial score (nSPS) is 12.1. The minimum atomic E-state index is -0.237. The van der Waals surface area contributed by atoms with Crippen LogP contribution in [0, 0.1) is 13.8 Å². The molecule has 0 aliphatic carbocycles. The highest BCUT2D eigenvalue weighted by molar-refractivity contribution is 5.43. The zero-order valence-corrected chi connectivity index (χ0v) is 12.3. The second-order valence-corrected chi connectivity index (χ2v) is 4.81. The van der Waals surface area contributed by atoms with E-state index in [4.69, 9.17) is 15.2 Å². The van der Waals surface area contributed by atoms with Gasteiger partial charge in [-0.3, -0.25) is 4.98 Å². The molecule has 4 heteroatoms. The van der Waals surface area contributed by atoms with E-state index in [1.165, 1.54) is 0 Å². The van der Waals surface area contributed by atoms with Crippen molar-refractivity contribution < 1.29 is 9.47 Å². The van der Waals surface area contributed by atoms with Crippen LogP contribution in [0.3, 0.4) is 0 Å². The number of hydrogen-bond donors (Lipinski definition) is 1. The van der Waals surface area contributed by atoms with E-state index in [9.17, 15) is 0 Å². The van der Waals surface area contributed by atoms with Crippen molar-refractivity contribution >= 4 is 0 Å². The topological polar surface area (TPSA) is 57.4 Å². The second-order valence-electron chi connectivity index (χ2n) is 4.81. The van der Waals surface area contributed by atoms with Gasteiger partial charge < -0.3 is 15.2 Å². The summed E-state index contributed by atoms with van der Waals surface area (Å²) in [6, 6.07) is 9.46. The van der Waals surface area contributed by atoms with Crippen molar-refractivity contribution in [2.24, 2.45) is 5.73 Å². The Morgan fingerprint density at radius 1 is 0.850 bits per heavy atom. The van der Waals surface area contributed by atoms with E-state index in [1.54, 1.807) is 14.2 Å². The maximum atomic E-state index is 6.36. The molecule has 0 bridgehead atoms. The first kappa shape index (κ1) is 14.3. The van der Waals surface area contributed by atoms with Crippen molar-refractivity contribution in [2.45, 2.75) is 19.9 Å². The van der Waals surface area contributed by atoms with E-state index >= 15 is 0 Å². The van der Waals surface area contributed by atoms with Gasteiger partial charge in [-0.15, -0.1) is 0 Å². The molecule has 1 atom stereocenters. The molecule has 1 unspecified atom stereocenters. The van der Waals surface area contributed by atoms with E-state index in [2.05, 4.69) is 4.98 Å². The molecule has 2 aromatic rings. The van der Waals surface area contributed by atoms with Gasteiger partial charge in [0.2, 0.25) is 0 Å². The minimum Gasteiger partial charge on any atom is -0.497 e. The summed E-state index contributed by atoms with van der Waals surface area (Å²) in [5, 5.41) is 0. The Morgan fingerprint density at radius 3 is 1.75 bits per heavy atom. The summed E-state index contributed by atoms with van der Waals surface area (Å²) in [6.45, 7) is 3.94. The second kappa shape index (κ2) is 5.92. The molecule has 20 heavy (non-hydrogen) atoms. The largest absolute Gasteiger partial charge is 0.497 e. The fraction of sp³-hybridized carbons (Fsp3) is 0.312. The molecule has 0 aliphatic rings. The molecule has 0 fully saturated rings. The van der Waals surface area contributed by atoms with Gasteiger partial charge in [-0.25, -0.2) is 0 Å². The number of aryl methyl sites for hydroxylation is 2. The van der Waals surface area contributed by atoms with Crippen LogP contribution in [0.1, 0.15) is 28.6 Å². The van der Waals surface area contributed by atoms with E-state index in [0.29, 0.717) is 0 Å². The fourth-order valence-corrected chi connectivity index (χ4v) is 2.25. The van der Waals surface area contributed by atoms with E-state index in [-0.39, 0.29) is 6.04 Å². The van der Waals surface area contributed by atoms with Gasteiger partial charge in [-0.1, -0.05) is 0 Å². The Labute approximate surface area is 119 Å². The molecule has 0 radical (unpaired) electrons. The van der Waals surface area contributed by atoms with Crippen molar-refractivity contribution in [3.63, 3.8) is 0 Å². The smallest absolute Gasteiger partial charge is 0.122 e.